The molecule has 0 radical (unpaired) electrons. The Kier molecular flexibility index (Phi) is 9.15. The molecule has 0 unspecified atom stereocenters. The van der Waals surface area contributed by atoms with Crippen molar-refractivity contribution in [2.24, 2.45) is 10.2 Å². The van der Waals surface area contributed by atoms with Crippen LogP contribution in [0.4, 0.5) is 9.59 Å². The molecule has 6 nitrogen and oxygen atoms in total. The Labute approximate surface area is 95.0 Å². The SMILES string of the molecule is CCCCOC(=O)/N=N/C(=O)OCCCC. The predicted octanol–water partition coefficient (Wildman–Crippen LogP) is 3.31. The van der Waals surface area contributed by atoms with E-state index < -0.39 is 12.2 Å². The average molecular weight is 230 g/mol. The Hall–Kier alpha value is -1.46. The van der Waals surface area contributed by atoms with E-state index in [2.05, 4.69) is 19.7 Å². The minimum atomic E-state index is -0.860. The van der Waals surface area contributed by atoms with Gasteiger partial charge in [0.25, 0.3) is 0 Å². The number of amides is 2. The van der Waals surface area contributed by atoms with Gasteiger partial charge in [0.05, 0.1) is 13.2 Å². The molecule has 0 rings (SSSR count). The van der Waals surface area contributed by atoms with Gasteiger partial charge in [-0.2, -0.15) is 0 Å². The Morgan fingerprint density at radius 3 is 1.56 bits per heavy atom. The molecule has 0 saturated heterocycles. The highest BCUT2D eigenvalue weighted by molar-refractivity contribution is 5.73. The van der Waals surface area contributed by atoms with Crippen LogP contribution in [0.1, 0.15) is 39.5 Å². The fourth-order valence-electron chi connectivity index (χ4n) is 0.747. The molecule has 0 aliphatic rings. The summed E-state index contributed by atoms with van der Waals surface area (Å²) in [6.45, 7) is 4.53. The van der Waals surface area contributed by atoms with E-state index in [1.54, 1.807) is 0 Å². The summed E-state index contributed by atoms with van der Waals surface area (Å²) in [5.41, 5.74) is 0. The van der Waals surface area contributed by atoms with Crippen LogP contribution < -0.4 is 0 Å². The van der Waals surface area contributed by atoms with E-state index in [1.807, 2.05) is 13.8 Å². The second-order valence-corrected chi connectivity index (χ2v) is 3.14. The van der Waals surface area contributed by atoms with E-state index in [1.165, 1.54) is 0 Å². The van der Waals surface area contributed by atoms with Gasteiger partial charge in [-0.1, -0.05) is 36.9 Å². The number of nitrogens with zero attached hydrogens (tertiary/aromatic N) is 2. The normalized spacial score (nSPS) is 10.4. The van der Waals surface area contributed by atoms with Gasteiger partial charge in [0, 0.05) is 0 Å². The van der Waals surface area contributed by atoms with E-state index in [0.29, 0.717) is 13.2 Å². The Balaban J connectivity index is 3.63. The van der Waals surface area contributed by atoms with E-state index in [9.17, 15) is 9.59 Å². The van der Waals surface area contributed by atoms with Gasteiger partial charge in [-0.25, -0.2) is 9.59 Å². The lowest BCUT2D eigenvalue weighted by Crippen LogP contribution is -2.03. The second-order valence-electron chi connectivity index (χ2n) is 3.14. The zero-order chi connectivity index (χ0) is 12.2. The lowest BCUT2D eigenvalue weighted by atomic mass is 10.4. The molecule has 0 spiro atoms. The van der Waals surface area contributed by atoms with Crippen LogP contribution in [-0.2, 0) is 9.47 Å². The molecule has 0 atom stereocenters. The topological polar surface area (TPSA) is 77.3 Å². The average Bonchev–Trinajstić information content (AvgIpc) is 2.27. The maximum Gasteiger partial charge on any atom is 0.452 e. The Morgan fingerprint density at radius 1 is 0.875 bits per heavy atom. The molecule has 0 saturated carbocycles. The first-order valence-corrected chi connectivity index (χ1v) is 5.46. The first-order chi connectivity index (χ1) is 7.70. The van der Waals surface area contributed by atoms with Gasteiger partial charge in [-0.05, 0) is 12.8 Å². The maximum atomic E-state index is 10.9. The lowest BCUT2D eigenvalue weighted by Gasteiger charge is -1.98. The fraction of sp³-hybridized carbons (Fsp3) is 0.800. The number of rotatable bonds is 6. The predicted molar refractivity (Wildman–Crippen MR) is 57.4 cm³/mol. The van der Waals surface area contributed by atoms with Crippen molar-refractivity contribution in [2.45, 2.75) is 39.5 Å². The van der Waals surface area contributed by atoms with Crippen LogP contribution in [0.2, 0.25) is 0 Å². The summed E-state index contributed by atoms with van der Waals surface area (Å²) in [5.74, 6) is 0. The molecule has 0 N–H and O–H groups in total. The molecule has 6 heteroatoms. The van der Waals surface area contributed by atoms with Gasteiger partial charge < -0.3 is 9.47 Å². The van der Waals surface area contributed by atoms with E-state index in [4.69, 9.17) is 0 Å². The quantitative estimate of drug-likeness (QED) is 0.518. The molecule has 92 valence electrons. The first-order valence-electron chi connectivity index (χ1n) is 5.46. The van der Waals surface area contributed by atoms with Crippen molar-refractivity contribution in [3.63, 3.8) is 0 Å². The summed E-state index contributed by atoms with van der Waals surface area (Å²) >= 11 is 0. The monoisotopic (exact) mass is 230 g/mol. The van der Waals surface area contributed by atoms with Gasteiger partial charge in [-0.15, -0.1) is 0 Å². The van der Waals surface area contributed by atoms with Crippen molar-refractivity contribution in [1.82, 2.24) is 0 Å². The number of carbonyl (C=O) groups excluding carboxylic acids is 2. The van der Waals surface area contributed by atoms with E-state index >= 15 is 0 Å². The molecule has 0 aromatic carbocycles. The van der Waals surface area contributed by atoms with Gasteiger partial charge in [0.1, 0.15) is 0 Å². The molecule has 0 fully saturated rings. The number of hydrogen-bond donors (Lipinski definition) is 0. The van der Waals surface area contributed by atoms with Gasteiger partial charge in [0.15, 0.2) is 0 Å². The van der Waals surface area contributed by atoms with Crippen LogP contribution in [0, 0.1) is 0 Å². The van der Waals surface area contributed by atoms with Crippen molar-refractivity contribution < 1.29 is 19.1 Å². The molecule has 0 aromatic rings. The molecule has 2 amide bonds. The zero-order valence-electron chi connectivity index (χ0n) is 9.77. The molecule has 0 bridgehead atoms. The third-order valence-corrected chi connectivity index (χ3v) is 1.66. The van der Waals surface area contributed by atoms with Gasteiger partial charge >= 0.3 is 12.2 Å². The standard InChI is InChI=1S/C10H18N2O4/c1-3-5-7-15-9(13)11-12-10(14)16-8-6-4-2/h3-8H2,1-2H3/b12-11+. The van der Waals surface area contributed by atoms with Crippen LogP contribution in [-0.4, -0.2) is 25.4 Å². The highest BCUT2D eigenvalue weighted by atomic mass is 16.6. The first kappa shape index (κ1) is 14.5. The Morgan fingerprint density at radius 2 is 1.25 bits per heavy atom. The zero-order valence-corrected chi connectivity index (χ0v) is 9.77. The summed E-state index contributed by atoms with van der Waals surface area (Å²) in [6.07, 6.45) is 1.65. The number of hydrogen-bond acceptors (Lipinski definition) is 4. The third-order valence-electron chi connectivity index (χ3n) is 1.66. The van der Waals surface area contributed by atoms with Crippen LogP contribution in [0.5, 0.6) is 0 Å². The molecular weight excluding hydrogens is 212 g/mol. The highest BCUT2D eigenvalue weighted by Gasteiger charge is 2.02. The molecule has 0 aliphatic carbocycles. The minimum absolute atomic E-state index is 0.291. The second kappa shape index (κ2) is 10.1. The summed E-state index contributed by atoms with van der Waals surface area (Å²) in [6, 6.07) is 0. The number of unbranched alkanes of at least 4 members (excludes halogenated alkanes) is 2. The van der Waals surface area contributed by atoms with Crippen LogP contribution in [0.25, 0.3) is 0 Å². The van der Waals surface area contributed by atoms with Crippen molar-refractivity contribution in [2.75, 3.05) is 13.2 Å². The minimum Gasteiger partial charge on any atom is -0.447 e. The summed E-state index contributed by atoms with van der Waals surface area (Å²) in [4.78, 5) is 21.7. The van der Waals surface area contributed by atoms with Crippen molar-refractivity contribution in [3.8, 4) is 0 Å². The number of azo groups is 1. The number of carbonyl (C=O) groups is 2. The van der Waals surface area contributed by atoms with Crippen LogP contribution >= 0.6 is 0 Å². The summed E-state index contributed by atoms with van der Waals surface area (Å²) < 4.78 is 9.30. The molecule has 16 heavy (non-hydrogen) atoms. The van der Waals surface area contributed by atoms with Crippen LogP contribution in [0.15, 0.2) is 10.2 Å². The van der Waals surface area contributed by atoms with Crippen molar-refractivity contribution in [3.05, 3.63) is 0 Å². The number of ether oxygens (including phenoxy) is 2. The lowest BCUT2D eigenvalue weighted by molar-refractivity contribution is 0.144. The molecule has 0 aliphatic heterocycles. The third kappa shape index (κ3) is 9.11. The maximum absolute atomic E-state index is 10.9. The smallest absolute Gasteiger partial charge is 0.447 e. The molecule has 0 aromatic heterocycles. The highest BCUT2D eigenvalue weighted by Crippen LogP contribution is 1.94. The fourth-order valence-corrected chi connectivity index (χ4v) is 0.747. The van der Waals surface area contributed by atoms with Crippen molar-refractivity contribution in [1.29, 1.82) is 0 Å². The molecular formula is C10H18N2O4. The van der Waals surface area contributed by atoms with E-state index in [-0.39, 0.29) is 0 Å². The van der Waals surface area contributed by atoms with Crippen LogP contribution in [0.3, 0.4) is 0 Å². The Bertz CT molecular complexity index is 217. The van der Waals surface area contributed by atoms with Gasteiger partial charge in [-0.3, -0.25) is 0 Å². The summed E-state index contributed by atoms with van der Waals surface area (Å²) in [7, 11) is 0. The molecule has 0 heterocycles. The largest absolute Gasteiger partial charge is 0.452 e. The summed E-state index contributed by atoms with van der Waals surface area (Å²) in [5, 5.41) is 6.13. The van der Waals surface area contributed by atoms with Gasteiger partial charge in [0.2, 0.25) is 0 Å². The van der Waals surface area contributed by atoms with Crippen molar-refractivity contribution >= 4 is 12.2 Å². The van der Waals surface area contributed by atoms with E-state index in [0.717, 1.165) is 25.7 Å².